The van der Waals surface area contributed by atoms with Crippen molar-refractivity contribution in [2.24, 2.45) is 0 Å². The molecule has 0 radical (unpaired) electrons. The van der Waals surface area contributed by atoms with Crippen molar-refractivity contribution in [1.82, 2.24) is 10.2 Å². The molecule has 1 N–H and O–H groups in total. The number of carbonyl (C=O) groups is 1. The van der Waals surface area contributed by atoms with Crippen molar-refractivity contribution in [2.45, 2.75) is 39.8 Å². The quantitative estimate of drug-likeness (QED) is 0.834. The van der Waals surface area contributed by atoms with Crippen molar-refractivity contribution in [3.05, 3.63) is 35.9 Å². The van der Waals surface area contributed by atoms with Crippen LogP contribution in [0.15, 0.2) is 30.3 Å². The Morgan fingerprint density at radius 3 is 2.47 bits per heavy atom. The molecule has 0 heterocycles. The smallest absolute Gasteiger partial charge is 0.317 e. The van der Waals surface area contributed by atoms with E-state index >= 15 is 0 Å². The summed E-state index contributed by atoms with van der Waals surface area (Å²) in [5, 5.41) is 2.95. The highest BCUT2D eigenvalue weighted by Gasteiger charge is 2.15. The number of hydrogen-bond donors (Lipinski definition) is 1. The zero-order valence-electron chi connectivity index (χ0n) is 10.9. The second-order valence-electron chi connectivity index (χ2n) is 4.19. The minimum atomic E-state index is 0.0192. The van der Waals surface area contributed by atoms with Crippen LogP contribution in [-0.2, 0) is 6.54 Å². The molecule has 3 nitrogen and oxygen atoms in total. The van der Waals surface area contributed by atoms with Crippen molar-refractivity contribution in [2.75, 3.05) is 6.54 Å². The number of benzene rings is 1. The highest BCUT2D eigenvalue weighted by molar-refractivity contribution is 5.74. The second kappa shape index (κ2) is 6.94. The van der Waals surface area contributed by atoms with E-state index in [-0.39, 0.29) is 12.1 Å². The first-order chi connectivity index (χ1) is 8.19. The maximum absolute atomic E-state index is 12.0. The van der Waals surface area contributed by atoms with Crippen LogP contribution in [-0.4, -0.2) is 23.5 Å². The van der Waals surface area contributed by atoms with E-state index in [0.29, 0.717) is 6.54 Å². The summed E-state index contributed by atoms with van der Waals surface area (Å²) in [6.45, 7) is 7.51. The van der Waals surface area contributed by atoms with E-state index in [0.717, 1.165) is 18.5 Å². The van der Waals surface area contributed by atoms with Gasteiger partial charge in [-0.05, 0) is 25.8 Å². The van der Waals surface area contributed by atoms with E-state index in [4.69, 9.17) is 0 Å². The first kappa shape index (κ1) is 13.6. The molecule has 0 aliphatic heterocycles. The summed E-state index contributed by atoms with van der Waals surface area (Å²) in [5.74, 6) is 0. The molecule has 2 amide bonds. The lowest BCUT2D eigenvalue weighted by molar-refractivity contribution is 0.180. The molecule has 1 atom stereocenters. The highest BCUT2D eigenvalue weighted by atomic mass is 16.2. The number of amides is 2. The maximum atomic E-state index is 12.0. The van der Waals surface area contributed by atoms with Gasteiger partial charge < -0.3 is 10.2 Å². The van der Waals surface area contributed by atoms with Crippen LogP contribution in [0.25, 0.3) is 0 Å². The molecule has 0 spiro atoms. The minimum absolute atomic E-state index is 0.0192. The van der Waals surface area contributed by atoms with Gasteiger partial charge in [-0.2, -0.15) is 0 Å². The molecule has 0 saturated carbocycles. The van der Waals surface area contributed by atoms with Gasteiger partial charge in [0.15, 0.2) is 0 Å². The van der Waals surface area contributed by atoms with Crippen LogP contribution in [0.1, 0.15) is 32.8 Å². The summed E-state index contributed by atoms with van der Waals surface area (Å²) >= 11 is 0. The van der Waals surface area contributed by atoms with E-state index in [1.165, 1.54) is 0 Å². The number of rotatable bonds is 5. The van der Waals surface area contributed by atoms with Crippen LogP contribution in [0, 0.1) is 0 Å². The lowest BCUT2D eigenvalue weighted by Gasteiger charge is -2.27. The van der Waals surface area contributed by atoms with E-state index < -0.39 is 0 Å². The fraction of sp³-hybridized carbons (Fsp3) is 0.500. The van der Waals surface area contributed by atoms with Gasteiger partial charge >= 0.3 is 6.03 Å². The monoisotopic (exact) mass is 234 g/mol. The fourth-order valence-corrected chi connectivity index (χ4v) is 1.75. The number of nitrogens with zero attached hydrogens (tertiary/aromatic N) is 1. The Balaban J connectivity index is 2.48. The van der Waals surface area contributed by atoms with Crippen LogP contribution in [0.4, 0.5) is 4.79 Å². The summed E-state index contributed by atoms with van der Waals surface area (Å²) in [6, 6.07) is 10.3. The van der Waals surface area contributed by atoms with E-state index in [2.05, 4.69) is 19.2 Å². The zero-order valence-corrected chi connectivity index (χ0v) is 10.9. The third-order valence-corrected chi connectivity index (χ3v) is 3.01. The van der Waals surface area contributed by atoms with Gasteiger partial charge in [-0.15, -0.1) is 0 Å². The summed E-state index contributed by atoms with van der Waals surface area (Å²) < 4.78 is 0. The number of hydrogen-bond acceptors (Lipinski definition) is 1. The van der Waals surface area contributed by atoms with Crippen LogP contribution < -0.4 is 5.32 Å². The van der Waals surface area contributed by atoms with E-state index in [1.807, 2.05) is 42.2 Å². The third kappa shape index (κ3) is 4.10. The number of nitrogens with one attached hydrogen (secondary N) is 1. The van der Waals surface area contributed by atoms with Crippen LogP contribution in [0.3, 0.4) is 0 Å². The molecular weight excluding hydrogens is 212 g/mol. The van der Waals surface area contributed by atoms with Crippen LogP contribution >= 0.6 is 0 Å². The van der Waals surface area contributed by atoms with Gasteiger partial charge in [0, 0.05) is 19.1 Å². The standard InChI is InChI=1S/C14H22N2O/c1-4-12(3)16(5-2)14(17)15-11-13-9-7-6-8-10-13/h6-10,12H,4-5,11H2,1-3H3,(H,15,17). The molecule has 0 bridgehead atoms. The van der Waals surface area contributed by atoms with Crippen molar-refractivity contribution >= 4 is 6.03 Å². The Bertz CT molecular complexity index is 337. The van der Waals surface area contributed by atoms with Crippen molar-refractivity contribution < 1.29 is 4.79 Å². The Morgan fingerprint density at radius 2 is 1.94 bits per heavy atom. The van der Waals surface area contributed by atoms with Crippen LogP contribution in [0.2, 0.25) is 0 Å². The number of carbonyl (C=O) groups excluding carboxylic acids is 1. The van der Waals surface area contributed by atoms with Gasteiger partial charge in [0.1, 0.15) is 0 Å². The van der Waals surface area contributed by atoms with Gasteiger partial charge in [-0.1, -0.05) is 37.3 Å². The molecule has 94 valence electrons. The average molecular weight is 234 g/mol. The lowest BCUT2D eigenvalue weighted by atomic mass is 10.2. The SMILES string of the molecule is CCC(C)N(CC)C(=O)NCc1ccccc1. The Hall–Kier alpha value is -1.51. The lowest BCUT2D eigenvalue weighted by Crippen LogP contribution is -2.44. The average Bonchev–Trinajstić information content (AvgIpc) is 2.38. The summed E-state index contributed by atoms with van der Waals surface area (Å²) in [7, 11) is 0. The minimum Gasteiger partial charge on any atom is -0.334 e. The normalized spacial score (nSPS) is 11.9. The first-order valence-electron chi connectivity index (χ1n) is 6.27. The van der Waals surface area contributed by atoms with Gasteiger partial charge in [0.25, 0.3) is 0 Å². The molecule has 1 aromatic rings. The van der Waals surface area contributed by atoms with Crippen molar-refractivity contribution in [3.63, 3.8) is 0 Å². The first-order valence-corrected chi connectivity index (χ1v) is 6.27. The summed E-state index contributed by atoms with van der Waals surface area (Å²) in [6.07, 6.45) is 0.979. The van der Waals surface area contributed by atoms with Gasteiger partial charge in [-0.3, -0.25) is 0 Å². The van der Waals surface area contributed by atoms with E-state index in [9.17, 15) is 4.79 Å². The topological polar surface area (TPSA) is 32.3 Å². The van der Waals surface area contributed by atoms with Gasteiger partial charge in [0.05, 0.1) is 0 Å². The highest BCUT2D eigenvalue weighted by Crippen LogP contribution is 2.04. The maximum Gasteiger partial charge on any atom is 0.317 e. The Labute approximate surface area is 104 Å². The van der Waals surface area contributed by atoms with E-state index in [1.54, 1.807) is 0 Å². The molecule has 0 aliphatic rings. The largest absolute Gasteiger partial charge is 0.334 e. The molecule has 0 fully saturated rings. The molecule has 1 rings (SSSR count). The van der Waals surface area contributed by atoms with Gasteiger partial charge in [-0.25, -0.2) is 4.79 Å². The molecule has 1 unspecified atom stereocenters. The fourth-order valence-electron chi connectivity index (χ4n) is 1.75. The van der Waals surface area contributed by atoms with Crippen molar-refractivity contribution in [3.8, 4) is 0 Å². The molecule has 17 heavy (non-hydrogen) atoms. The van der Waals surface area contributed by atoms with Gasteiger partial charge in [0.2, 0.25) is 0 Å². The molecule has 0 aliphatic carbocycles. The van der Waals surface area contributed by atoms with Crippen molar-refractivity contribution in [1.29, 1.82) is 0 Å². The molecule has 0 aromatic heterocycles. The van der Waals surface area contributed by atoms with Crippen LogP contribution in [0.5, 0.6) is 0 Å². The third-order valence-electron chi connectivity index (χ3n) is 3.01. The molecular formula is C14H22N2O. The molecule has 1 aromatic carbocycles. The zero-order chi connectivity index (χ0) is 12.7. The summed E-state index contributed by atoms with van der Waals surface area (Å²) in [5.41, 5.74) is 1.13. The second-order valence-corrected chi connectivity index (χ2v) is 4.19. The Morgan fingerprint density at radius 1 is 1.29 bits per heavy atom. The molecule has 3 heteroatoms. The summed E-state index contributed by atoms with van der Waals surface area (Å²) in [4.78, 5) is 13.8. The predicted molar refractivity (Wildman–Crippen MR) is 70.8 cm³/mol. The Kier molecular flexibility index (Phi) is 5.53. The number of urea groups is 1. The molecule has 0 saturated heterocycles. The predicted octanol–water partition coefficient (Wildman–Crippen LogP) is 3.02.